The number of halogens is 2. The topological polar surface area (TPSA) is 57.5 Å². The van der Waals surface area contributed by atoms with E-state index in [0.29, 0.717) is 16.0 Å². The number of rotatable bonds is 5. The molecule has 0 amide bonds. The Balaban J connectivity index is 1.82. The van der Waals surface area contributed by atoms with Crippen LogP contribution in [0.5, 0.6) is 5.75 Å². The Morgan fingerprint density at radius 3 is 2.41 bits per heavy atom. The zero-order valence-electron chi connectivity index (χ0n) is 17.4. The van der Waals surface area contributed by atoms with Gasteiger partial charge in [0.15, 0.2) is 0 Å². The summed E-state index contributed by atoms with van der Waals surface area (Å²) in [7, 11) is 0. The number of hydrogen-bond acceptors (Lipinski definition) is 4. The molecule has 162 valence electrons. The molecule has 0 saturated carbocycles. The van der Waals surface area contributed by atoms with Crippen molar-refractivity contribution in [2.45, 2.75) is 13.8 Å². The summed E-state index contributed by atoms with van der Waals surface area (Å²) in [6.45, 7) is 3.86. The van der Waals surface area contributed by atoms with Crippen LogP contribution >= 0.6 is 23.2 Å². The second-order valence-corrected chi connectivity index (χ2v) is 7.89. The van der Waals surface area contributed by atoms with Gasteiger partial charge >= 0.3 is 11.9 Å². The summed E-state index contributed by atoms with van der Waals surface area (Å²) < 4.78 is 12.8. The number of para-hydroxylation sites is 1. The van der Waals surface area contributed by atoms with Crippen molar-refractivity contribution >= 4 is 46.0 Å². The Morgan fingerprint density at radius 2 is 1.69 bits per heavy atom. The Kier molecular flexibility index (Phi) is 6.21. The number of nitrogens with zero attached hydrogens (tertiary/aromatic N) is 1. The Hall–Kier alpha value is -3.28. The van der Waals surface area contributed by atoms with Crippen LogP contribution in [0.4, 0.5) is 0 Å². The molecule has 7 heteroatoms. The van der Waals surface area contributed by atoms with Crippen molar-refractivity contribution < 1.29 is 19.1 Å². The molecule has 32 heavy (non-hydrogen) atoms. The normalized spacial score (nSPS) is 10.9. The zero-order valence-corrected chi connectivity index (χ0v) is 18.9. The molecule has 4 aromatic rings. The molecule has 5 nitrogen and oxygen atoms in total. The molecule has 0 spiro atoms. The standard InChI is InChI=1S/C25H19Cl2NO4/c1-3-31-25(30)23-15(2)28(17-7-5-4-6-8-17)22-12-10-18(14-20(22)23)32-24(29)19-13-16(26)9-11-21(19)27/h4-14H,3H2,1-2H3. The van der Waals surface area contributed by atoms with E-state index in [-0.39, 0.29) is 22.9 Å². The summed E-state index contributed by atoms with van der Waals surface area (Å²) in [6, 6.07) is 19.4. The lowest BCUT2D eigenvalue weighted by Crippen LogP contribution is -2.09. The largest absolute Gasteiger partial charge is 0.462 e. The molecule has 0 unspecified atom stereocenters. The first-order chi connectivity index (χ1) is 15.4. The van der Waals surface area contributed by atoms with Crippen LogP contribution in [0.15, 0.2) is 66.7 Å². The molecule has 0 fully saturated rings. The summed E-state index contributed by atoms with van der Waals surface area (Å²) in [5.74, 6) is -0.811. The van der Waals surface area contributed by atoms with Crippen molar-refractivity contribution in [2.24, 2.45) is 0 Å². The second kappa shape index (κ2) is 9.07. The minimum Gasteiger partial charge on any atom is -0.462 e. The number of benzene rings is 3. The molecule has 0 saturated heterocycles. The highest BCUT2D eigenvalue weighted by Gasteiger charge is 2.23. The van der Waals surface area contributed by atoms with Gasteiger partial charge in [-0.05, 0) is 62.4 Å². The Labute approximate surface area is 195 Å². The highest BCUT2D eigenvalue weighted by Crippen LogP contribution is 2.33. The average Bonchev–Trinajstić information content (AvgIpc) is 3.07. The van der Waals surface area contributed by atoms with Gasteiger partial charge < -0.3 is 14.0 Å². The minimum absolute atomic E-state index is 0.155. The third-order valence-corrected chi connectivity index (χ3v) is 5.59. The van der Waals surface area contributed by atoms with E-state index < -0.39 is 11.9 Å². The van der Waals surface area contributed by atoms with Crippen LogP contribution in [0.1, 0.15) is 33.3 Å². The van der Waals surface area contributed by atoms with Gasteiger partial charge in [0, 0.05) is 21.8 Å². The summed E-state index contributed by atoms with van der Waals surface area (Å²) in [5, 5.41) is 1.23. The van der Waals surface area contributed by atoms with Gasteiger partial charge in [-0.1, -0.05) is 41.4 Å². The van der Waals surface area contributed by atoms with Gasteiger partial charge in [0.2, 0.25) is 0 Å². The maximum absolute atomic E-state index is 12.8. The quantitative estimate of drug-likeness (QED) is 0.243. The van der Waals surface area contributed by atoms with E-state index in [9.17, 15) is 9.59 Å². The van der Waals surface area contributed by atoms with Crippen LogP contribution in [-0.4, -0.2) is 23.1 Å². The molecule has 1 aromatic heterocycles. The van der Waals surface area contributed by atoms with E-state index in [2.05, 4.69) is 0 Å². The molecule has 0 aliphatic heterocycles. The van der Waals surface area contributed by atoms with Crippen LogP contribution in [-0.2, 0) is 4.74 Å². The van der Waals surface area contributed by atoms with Crippen LogP contribution in [0, 0.1) is 6.92 Å². The number of hydrogen-bond donors (Lipinski definition) is 0. The average molecular weight is 468 g/mol. The number of esters is 2. The Morgan fingerprint density at radius 1 is 0.938 bits per heavy atom. The first kappa shape index (κ1) is 21.9. The molecule has 3 aromatic carbocycles. The van der Waals surface area contributed by atoms with E-state index in [4.69, 9.17) is 32.7 Å². The number of fused-ring (bicyclic) bond motifs is 1. The fourth-order valence-corrected chi connectivity index (χ4v) is 4.01. The van der Waals surface area contributed by atoms with Crippen LogP contribution in [0.25, 0.3) is 16.6 Å². The highest BCUT2D eigenvalue weighted by atomic mass is 35.5. The molecule has 0 radical (unpaired) electrons. The number of ether oxygens (including phenoxy) is 2. The number of carbonyl (C=O) groups excluding carboxylic acids is 2. The van der Waals surface area contributed by atoms with E-state index in [1.165, 1.54) is 12.1 Å². The first-order valence-electron chi connectivity index (χ1n) is 9.95. The first-order valence-corrected chi connectivity index (χ1v) is 10.7. The van der Waals surface area contributed by atoms with Crippen molar-refractivity contribution in [1.29, 1.82) is 0 Å². The highest BCUT2D eigenvalue weighted by molar-refractivity contribution is 6.35. The lowest BCUT2D eigenvalue weighted by atomic mass is 10.1. The van der Waals surface area contributed by atoms with E-state index in [0.717, 1.165) is 16.9 Å². The predicted octanol–water partition coefficient (Wildman–Crippen LogP) is 6.64. The second-order valence-electron chi connectivity index (χ2n) is 7.04. The van der Waals surface area contributed by atoms with Gasteiger partial charge in [0.1, 0.15) is 5.75 Å². The smallest absolute Gasteiger partial charge is 0.345 e. The maximum Gasteiger partial charge on any atom is 0.345 e. The summed E-state index contributed by atoms with van der Waals surface area (Å²) in [4.78, 5) is 25.5. The van der Waals surface area contributed by atoms with Crippen molar-refractivity contribution in [3.8, 4) is 11.4 Å². The van der Waals surface area contributed by atoms with Crippen molar-refractivity contribution in [2.75, 3.05) is 6.61 Å². The lowest BCUT2D eigenvalue weighted by molar-refractivity contribution is 0.0527. The fourth-order valence-electron chi connectivity index (χ4n) is 3.65. The Bertz CT molecular complexity index is 1330. The number of carbonyl (C=O) groups is 2. The SMILES string of the molecule is CCOC(=O)c1c(C)n(-c2ccccc2)c2ccc(OC(=O)c3cc(Cl)ccc3Cl)cc12. The monoisotopic (exact) mass is 467 g/mol. The minimum atomic E-state index is -0.645. The van der Waals surface area contributed by atoms with Gasteiger partial charge in [-0.25, -0.2) is 9.59 Å². The van der Waals surface area contributed by atoms with Crippen LogP contribution < -0.4 is 4.74 Å². The molecule has 0 bridgehead atoms. The molecule has 4 rings (SSSR count). The molecule has 0 N–H and O–H groups in total. The zero-order chi connectivity index (χ0) is 22.8. The predicted molar refractivity (Wildman–Crippen MR) is 125 cm³/mol. The third kappa shape index (κ3) is 4.09. The van der Waals surface area contributed by atoms with Crippen molar-refractivity contribution in [3.05, 3.63) is 93.6 Å². The summed E-state index contributed by atoms with van der Waals surface area (Å²) >= 11 is 12.1. The maximum atomic E-state index is 12.8. The fraction of sp³-hybridized carbons (Fsp3) is 0.120. The van der Waals surface area contributed by atoms with Crippen LogP contribution in [0.2, 0.25) is 10.0 Å². The molecule has 0 aliphatic carbocycles. The van der Waals surface area contributed by atoms with Gasteiger partial charge in [0.05, 0.1) is 28.3 Å². The summed E-state index contributed by atoms with van der Waals surface area (Å²) in [5.41, 5.74) is 3.00. The lowest BCUT2D eigenvalue weighted by Gasteiger charge is -2.09. The molecular formula is C25H19Cl2NO4. The molecule has 1 heterocycles. The van der Waals surface area contributed by atoms with Gasteiger partial charge in [0.25, 0.3) is 0 Å². The molecule has 0 atom stereocenters. The van der Waals surface area contributed by atoms with Gasteiger partial charge in [-0.2, -0.15) is 0 Å². The molecule has 0 aliphatic rings. The van der Waals surface area contributed by atoms with Crippen molar-refractivity contribution in [3.63, 3.8) is 0 Å². The van der Waals surface area contributed by atoms with E-state index in [1.54, 1.807) is 31.2 Å². The van der Waals surface area contributed by atoms with E-state index >= 15 is 0 Å². The van der Waals surface area contributed by atoms with E-state index in [1.807, 2.05) is 41.8 Å². The third-order valence-electron chi connectivity index (χ3n) is 5.03. The van der Waals surface area contributed by atoms with Gasteiger partial charge in [-0.15, -0.1) is 0 Å². The van der Waals surface area contributed by atoms with Crippen LogP contribution in [0.3, 0.4) is 0 Å². The van der Waals surface area contributed by atoms with Gasteiger partial charge in [-0.3, -0.25) is 0 Å². The molecular weight excluding hydrogens is 449 g/mol. The summed E-state index contributed by atoms with van der Waals surface area (Å²) in [6.07, 6.45) is 0. The number of aromatic nitrogens is 1. The van der Waals surface area contributed by atoms with Crippen molar-refractivity contribution in [1.82, 2.24) is 4.57 Å².